The normalized spacial score (nSPS) is 15.8. The molecule has 1 amide bonds. The van der Waals surface area contributed by atoms with Gasteiger partial charge in [0.2, 0.25) is 21.1 Å². The maximum absolute atomic E-state index is 12.8. The van der Waals surface area contributed by atoms with Crippen LogP contribution in [0.25, 0.3) is 0 Å². The first-order chi connectivity index (χ1) is 15.9. The number of carbonyl (C=O) groups excluding carboxylic acids is 1. The highest BCUT2D eigenvalue weighted by Crippen LogP contribution is 2.24. The number of nitrogens with one attached hydrogen (secondary N) is 1. The van der Waals surface area contributed by atoms with Crippen LogP contribution in [0.1, 0.15) is 31.7 Å². The summed E-state index contributed by atoms with van der Waals surface area (Å²) in [6.45, 7) is 3.40. The van der Waals surface area contributed by atoms with Crippen molar-refractivity contribution >= 4 is 33.4 Å². The number of tetrazole rings is 1. The van der Waals surface area contributed by atoms with Gasteiger partial charge in [-0.1, -0.05) is 48.5 Å². The van der Waals surface area contributed by atoms with Gasteiger partial charge in [0, 0.05) is 18.8 Å². The molecule has 4 rings (SSSR count). The van der Waals surface area contributed by atoms with E-state index in [0.29, 0.717) is 30.5 Å². The van der Waals surface area contributed by atoms with Crippen molar-refractivity contribution in [3.63, 3.8) is 0 Å². The Kier molecular flexibility index (Phi) is 7.41. The molecule has 1 fully saturated rings. The molecule has 0 unspecified atom stereocenters. The quantitative estimate of drug-likeness (QED) is 0.487. The molecule has 0 bridgehead atoms. The number of rotatable bonds is 8. The first-order valence-corrected chi connectivity index (χ1v) is 13.1. The fourth-order valence-electron chi connectivity index (χ4n) is 3.56. The molecule has 3 aromatic rings. The summed E-state index contributed by atoms with van der Waals surface area (Å²) < 4.78 is 28.8. The maximum atomic E-state index is 12.8. The van der Waals surface area contributed by atoms with E-state index in [1.165, 1.54) is 28.2 Å². The molecule has 2 heterocycles. The minimum Gasteiger partial charge on any atom is -0.325 e. The highest BCUT2D eigenvalue weighted by molar-refractivity contribution is 8.00. The van der Waals surface area contributed by atoms with Crippen LogP contribution in [0.2, 0.25) is 0 Å². The number of benzene rings is 2. The van der Waals surface area contributed by atoms with Crippen LogP contribution in [0.5, 0.6) is 0 Å². The van der Waals surface area contributed by atoms with Gasteiger partial charge >= 0.3 is 0 Å². The average Bonchev–Trinajstić information content (AvgIpc) is 3.27. The zero-order chi connectivity index (χ0) is 23.3. The topological polar surface area (TPSA) is 110 Å². The van der Waals surface area contributed by atoms with E-state index in [4.69, 9.17) is 0 Å². The fraction of sp³-hybridized carbons (Fsp3) is 0.364. The van der Waals surface area contributed by atoms with Crippen LogP contribution < -0.4 is 5.32 Å². The Balaban J connectivity index is 1.36. The molecule has 1 aliphatic heterocycles. The van der Waals surface area contributed by atoms with Crippen LogP contribution in [-0.2, 0) is 21.4 Å². The number of anilines is 1. The van der Waals surface area contributed by atoms with Crippen LogP contribution in [0, 0.1) is 0 Å². The highest BCUT2D eigenvalue weighted by Gasteiger charge is 2.26. The molecule has 11 heteroatoms. The summed E-state index contributed by atoms with van der Waals surface area (Å²) in [5.74, 6) is -0.221. The predicted octanol–water partition coefficient (Wildman–Crippen LogP) is 3.02. The number of thioether (sulfide) groups is 1. The van der Waals surface area contributed by atoms with E-state index in [9.17, 15) is 13.2 Å². The van der Waals surface area contributed by atoms with Crippen molar-refractivity contribution in [2.75, 3.05) is 18.4 Å². The molecule has 1 aromatic heterocycles. The van der Waals surface area contributed by atoms with Gasteiger partial charge in [0.25, 0.3) is 0 Å². The van der Waals surface area contributed by atoms with Gasteiger partial charge in [0.05, 0.1) is 16.7 Å². The fourth-order valence-corrected chi connectivity index (χ4v) is 5.86. The molecule has 33 heavy (non-hydrogen) atoms. The molecule has 9 nitrogen and oxygen atoms in total. The summed E-state index contributed by atoms with van der Waals surface area (Å²) in [6.07, 6.45) is 2.83. The Labute approximate surface area is 197 Å². The lowest BCUT2D eigenvalue weighted by atomic mass is 10.2. The summed E-state index contributed by atoms with van der Waals surface area (Å²) in [5.41, 5.74) is 1.59. The van der Waals surface area contributed by atoms with Crippen molar-refractivity contribution in [3.05, 3.63) is 60.2 Å². The first-order valence-electron chi connectivity index (χ1n) is 10.8. The summed E-state index contributed by atoms with van der Waals surface area (Å²) in [5, 5.41) is 14.7. The molecule has 1 aliphatic rings. The van der Waals surface area contributed by atoms with Crippen molar-refractivity contribution in [3.8, 4) is 0 Å². The van der Waals surface area contributed by atoms with E-state index in [1.54, 1.807) is 23.7 Å². The first kappa shape index (κ1) is 23.4. The van der Waals surface area contributed by atoms with Crippen LogP contribution in [0.4, 0.5) is 5.69 Å². The second-order valence-corrected chi connectivity index (χ2v) is 11.1. The molecule has 174 valence electrons. The number of aromatic nitrogens is 4. The summed E-state index contributed by atoms with van der Waals surface area (Å²) in [4.78, 5) is 12.9. The van der Waals surface area contributed by atoms with Gasteiger partial charge in [-0.2, -0.15) is 4.31 Å². The number of carbonyl (C=O) groups is 1. The van der Waals surface area contributed by atoms with E-state index in [0.717, 1.165) is 24.8 Å². The van der Waals surface area contributed by atoms with Crippen molar-refractivity contribution in [1.82, 2.24) is 24.5 Å². The van der Waals surface area contributed by atoms with Gasteiger partial charge in [-0.15, -0.1) is 5.10 Å². The van der Waals surface area contributed by atoms with Gasteiger partial charge in [-0.05, 0) is 60.0 Å². The number of hydrogen-bond donors (Lipinski definition) is 1. The molecular formula is C22H26N6O3S2. The summed E-state index contributed by atoms with van der Waals surface area (Å²) in [6, 6.07) is 16.1. The third-order valence-electron chi connectivity index (χ3n) is 5.40. The lowest BCUT2D eigenvalue weighted by Gasteiger charge is -2.25. The monoisotopic (exact) mass is 486 g/mol. The van der Waals surface area contributed by atoms with Crippen LogP contribution in [0.15, 0.2) is 64.6 Å². The van der Waals surface area contributed by atoms with Gasteiger partial charge in [0.1, 0.15) is 0 Å². The van der Waals surface area contributed by atoms with Gasteiger partial charge < -0.3 is 5.32 Å². The third kappa shape index (κ3) is 5.79. The molecule has 1 saturated heterocycles. The molecule has 0 radical (unpaired) electrons. The Bertz CT molecular complexity index is 1180. The highest BCUT2D eigenvalue weighted by atomic mass is 32.2. The largest absolute Gasteiger partial charge is 0.325 e. The van der Waals surface area contributed by atoms with Crippen LogP contribution in [-0.4, -0.2) is 57.2 Å². The number of piperidine rings is 1. The molecule has 1 N–H and O–H groups in total. The Morgan fingerprint density at radius 3 is 2.45 bits per heavy atom. The zero-order valence-electron chi connectivity index (χ0n) is 18.3. The van der Waals surface area contributed by atoms with E-state index >= 15 is 0 Å². The lowest BCUT2D eigenvalue weighted by Crippen LogP contribution is -2.35. The summed E-state index contributed by atoms with van der Waals surface area (Å²) >= 11 is 1.26. The Morgan fingerprint density at radius 1 is 1.06 bits per heavy atom. The number of sulfonamides is 1. The Morgan fingerprint density at radius 2 is 1.76 bits per heavy atom. The molecule has 0 aliphatic carbocycles. The second kappa shape index (κ2) is 10.4. The van der Waals surface area contributed by atoms with Crippen molar-refractivity contribution < 1.29 is 13.2 Å². The predicted molar refractivity (Wildman–Crippen MR) is 126 cm³/mol. The van der Waals surface area contributed by atoms with Gasteiger partial charge in [-0.25, -0.2) is 13.1 Å². The van der Waals surface area contributed by atoms with Crippen molar-refractivity contribution in [2.24, 2.45) is 0 Å². The van der Waals surface area contributed by atoms with E-state index in [2.05, 4.69) is 20.8 Å². The molecule has 0 saturated carbocycles. The van der Waals surface area contributed by atoms with E-state index < -0.39 is 15.3 Å². The van der Waals surface area contributed by atoms with Gasteiger partial charge in [0.15, 0.2) is 0 Å². The van der Waals surface area contributed by atoms with Gasteiger partial charge in [-0.3, -0.25) is 4.79 Å². The Hall–Kier alpha value is -2.76. The minimum atomic E-state index is -3.50. The molecule has 0 spiro atoms. The SMILES string of the molecule is C[C@@H](Sc1nnnn1Cc1ccccc1)C(=O)Nc1ccc(S(=O)(=O)N2CCCCC2)cc1. The van der Waals surface area contributed by atoms with E-state index in [-0.39, 0.29) is 10.8 Å². The number of nitrogens with zero attached hydrogens (tertiary/aromatic N) is 5. The minimum absolute atomic E-state index is 0.221. The van der Waals surface area contributed by atoms with Crippen LogP contribution in [0.3, 0.4) is 0 Å². The maximum Gasteiger partial charge on any atom is 0.243 e. The number of amides is 1. The number of hydrogen-bond acceptors (Lipinski definition) is 7. The second-order valence-electron chi connectivity index (χ2n) is 7.84. The van der Waals surface area contributed by atoms with Crippen molar-refractivity contribution in [2.45, 2.75) is 48.0 Å². The van der Waals surface area contributed by atoms with Crippen molar-refractivity contribution in [1.29, 1.82) is 0 Å². The molecule has 1 atom stereocenters. The summed E-state index contributed by atoms with van der Waals surface area (Å²) in [7, 11) is -3.50. The lowest BCUT2D eigenvalue weighted by molar-refractivity contribution is -0.115. The smallest absolute Gasteiger partial charge is 0.243 e. The van der Waals surface area contributed by atoms with Crippen LogP contribution >= 0.6 is 11.8 Å². The molecular weight excluding hydrogens is 460 g/mol. The third-order valence-corrected chi connectivity index (χ3v) is 8.38. The standard InChI is InChI=1S/C22H26N6O3S2/c1-17(32-22-24-25-26-28(22)16-18-8-4-2-5-9-18)21(29)23-19-10-12-20(13-11-19)33(30,31)27-14-6-3-7-15-27/h2,4-5,8-13,17H,3,6-7,14-16H2,1H3,(H,23,29)/t17-/m1/s1. The van der Waals surface area contributed by atoms with E-state index in [1.807, 2.05) is 30.3 Å². The molecule has 2 aromatic carbocycles. The average molecular weight is 487 g/mol. The zero-order valence-corrected chi connectivity index (χ0v) is 19.9.